The molecule has 3 atom stereocenters. The zero-order chi connectivity index (χ0) is 21.4. The molecule has 1 saturated carbocycles. The van der Waals surface area contributed by atoms with E-state index < -0.39 is 5.54 Å². The van der Waals surface area contributed by atoms with E-state index in [1.807, 2.05) is 24.0 Å². The maximum atomic E-state index is 13.3. The van der Waals surface area contributed by atoms with Crippen LogP contribution in [0.5, 0.6) is 5.75 Å². The van der Waals surface area contributed by atoms with E-state index in [9.17, 15) is 9.59 Å². The third-order valence-electron chi connectivity index (χ3n) is 7.47. The second kappa shape index (κ2) is 8.43. The van der Waals surface area contributed by atoms with Crippen molar-refractivity contribution in [1.29, 1.82) is 0 Å². The van der Waals surface area contributed by atoms with Crippen LogP contribution in [0.3, 0.4) is 0 Å². The van der Waals surface area contributed by atoms with Crippen molar-refractivity contribution in [2.75, 3.05) is 26.4 Å². The number of ether oxygens (including phenoxy) is 3. The summed E-state index contributed by atoms with van der Waals surface area (Å²) in [6.07, 6.45) is 5.27. The lowest BCUT2D eigenvalue weighted by Gasteiger charge is -2.42. The molecule has 4 heterocycles. The molecule has 1 aromatic carbocycles. The molecular weight excluding hydrogens is 396 g/mol. The SMILES string of the molecule is C[C@@H]1C[C@@]2(COCC(=O)N2)C2COC3CCC(CC3)c3ccccc3OCCC(=O)N21. The molecule has 1 N–H and O–H groups in total. The third kappa shape index (κ3) is 3.94. The minimum atomic E-state index is -0.577. The lowest BCUT2D eigenvalue weighted by molar-refractivity contribution is -0.144. The van der Waals surface area contributed by atoms with Crippen LogP contribution in [-0.4, -0.2) is 66.9 Å². The quantitative estimate of drug-likeness (QED) is 0.687. The van der Waals surface area contributed by atoms with Gasteiger partial charge in [0.25, 0.3) is 0 Å². The molecule has 1 aliphatic carbocycles. The number of benzene rings is 1. The standard InChI is InChI=1S/C24H32N2O5/c1-16-12-24(15-29-14-22(27)25-24)21-13-31-18-8-6-17(7-9-18)19-4-2-3-5-20(19)30-11-10-23(28)26(16)21/h2-5,16-18,21H,6-15H2,1H3,(H,25,27)/t16-,17?,18?,21?,24-/m1/s1. The zero-order valence-corrected chi connectivity index (χ0v) is 18.2. The van der Waals surface area contributed by atoms with Crippen molar-refractivity contribution < 1.29 is 23.8 Å². The molecule has 0 radical (unpaired) electrons. The number of para-hydroxylation sites is 1. The normalized spacial score (nSPS) is 36.4. The summed E-state index contributed by atoms with van der Waals surface area (Å²) in [7, 11) is 0. The highest BCUT2D eigenvalue weighted by atomic mass is 16.5. The molecule has 0 aromatic heterocycles. The van der Waals surface area contributed by atoms with Gasteiger partial charge >= 0.3 is 0 Å². The smallest absolute Gasteiger partial charge is 0.246 e. The Labute approximate surface area is 183 Å². The van der Waals surface area contributed by atoms with Gasteiger partial charge in [-0.15, -0.1) is 0 Å². The van der Waals surface area contributed by atoms with Crippen molar-refractivity contribution >= 4 is 11.8 Å². The second-order valence-corrected chi connectivity index (χ2v) is 9.51. The predicted molar refractivity (Wildman–Crippen MR) is 114 cm³/mol. The summed E-state index contributed by atoms with van der Waals surface area (Å²) in [6.45, 7) is 3.31. The maximum Gasteiger partial charge on any atom is 0.246 e. The molecule has 3 fully saturated rings. The summed E-state index contributed by atoms with van der Waals surface area (Å²) < 4.78 is 18.2. The molecule has 2 saturated heterocycles. The van der Waals surface area contributed by atoms with E-state index in [4.69, 9.17) is 14.2 Å². The molecule has 2 amide bonds. The van der Waals surface area contributed by atoms with Crippen molar-refractivity contribution in [1.82, 2.24) is 10.2 Å². The van der Waals surface area contributed by atoms with E-state index in [2.05, 4.69) is 17.4 Å². The Balaban J connectivity index is 1.43. The first-order valence-electron chi connectivity index (χ1n) is 11.6. The fraction of sp³-hybridized carbons (Fsp3) is 0.667. The minimum Gasteiger partial charge on any atom is -0.493 e. The number of fused-ring (bicyclic) bond motifs is 6. The fourth-order valence-corrected chi connectivity index (χ4v) is 6.05. The maximum absolute atomic E-state index is 13.3. The van der Waals surface area contributed by atoms with Crippen molar-refractivity contribution in [2.45, 2.75) is 75.1 Å². The molecule has 6 rings (SSSR count). The van der Waals surface area contributed by atoms with Crippen molar-refractivity contribution in [3.63, 3.8) is 0 Å². The van der Waals surface area contributed by atoms with Gasteiger partial charge in [-0.25, -0.2) is 0 Å². The summed E-state index contributed by atoms with van der Waals surface area (Å²) in [4.78, 5) is 27.4. The predicted octanol–water partition coefficient (Wildman–Crippen LogP) is 2.39. The van der Waals surface area contributed by atoms with Gasteiger partial charge in [0.05, 0.1) is 43.9 Å². The zero-order valence-electron chi connectivity index (χ0n) is 18.2. The van der Waals surface area contributed by atoms with Crippen LogP contribution in [0.15, 0.2) is 24.3 Å². The lowest BCUT2D eigenvalue weighted by Crippen LogP contribution is -2.65. The van der Waals surface area contributed by atoms with Gasteiger partial charge in [-0.05, 0) is 56.6 Å². The Morgan fingerprint density at radius 1 is 1.13 bits per heavy atom. The number of carbonyl (C=O) groups is 2. The summed E-state index contributed by atoms with van der Waals surface area (Å²) in [6, 6.07) is 8.00. The van der Waals surface area contributed by atoms with Crippen LogP contribution in [0.2, 0.25) is 0 Å². The van der Waals surface area contributed by atoms with Crippen LogP contribution >= 0.6 is 0 Å². The number of amides is 2. The number of rotatable bonds is 0. The topological polar surface area (TPSA) is 77.1 Å². The number of hydrogen-bond donors (Lipinski definition) is 1. The molecule has 7 nitrogen and oxygen atoms in total. The van der Waals surface area contributed by atoms with Crippen molar-refractivity contribution in [3.05, 3.63) is 29.8 Å². The molecule has 2 bridgehead atoms. The van der Waals surface area contributed by atoms with Gasteiger partial charge in [0.2, 0.25) is 11.8 Å². The molecule has 7 heteroatoms. The van der Waals surface area contributed by atoms with Crippen LogP contribution in [0.25, 0.3) is 0 Å². The lowest BCUT2D eigenvalue weighted by atomic mass is 9.82. The van der Waals surface area contributed by atoms with Gasteiger partial charge in [0.15, 0.2) is 0 Å². The monoisotopic (exact) mass is 428 g/mol. The largest absolute Gasteiger partial charge is 0.493 e. The Hall–Kier alpha value is -2.12. The Morgan fingerprint density at radius 2 is 1.94 bits per heavy atom. The van der Waals surface area contributed by atoms with Gasteiger partial charge in [0.1, 0.15) is 12.4 Å². The molecule has 1 unspecified atom stereocenters. The van der Waals surface area contributed by atoms with E-state index >= 15 is 0 Å². The fourth-order valence-electron chi connectivity index (χ4n) is 6.05. The average Bonchev–Trinajstić information content (AvgIpc) is 3.02. The molecule has 168 valence electrons. The number of nitrogens with one attached hydrogen (secondary N) is 1. The number of nitrogens with zero attached hydrogens (tertiary/aromatic N) is 1. The van der Waals surface area contributed by atoms with Crippen molar-refractivity contribution in [3.8, 4) is 5.75 Å². The first kappa shape index (κ1) is 20.8. The first-order valence-corrected chi connectivity index (χ1v) is 11.6. The Kier molecular flexibility index (Phi) is 5.65. The molecule has 1 aromatic rings. The van der Waals surface area contributed by atoms with E-state index in [0.717, 1.165) is 31.4 Å². The van der Waals surface area contributed by atoms with E-state index in [0.29, 0.717) is 38.6 Å². The van der Waals surface area contributed by atoms with Crippen molar-refractivity contribution in [2.24, 2.45) is 0 Å². The van der Waals surface area contributed by atoms with E-state index in [1.165, 1.54) is 5.56 Å². The number of hydrogen-bond acceptors (Lipinski definition) is 5. The highest BCUT2D eigenvalue weighted by molar-refractivity contribution is 5.81. The summed E-state index contributed by atoms with van der Waals surface area (Å²) >= 11 is 0. The van der Waals surface area contributed by atoms with Crippen LogP contribution in [0.1, 0.15) is 56.9 Å². The van der Waals surface area contributed by atoms with Crippen LogP contribution in [0, 0.1) is 0 Å². The summed E-state index contributed by atoms with van der Waals surface area (Å²) in [5.74, 6) is 1.28. The second-order valence-electron chi connectivity index (χ2n) is 9.51. The van der Waals surface area contributed by atoms with E-state index in [-0.39, 0.29) is 36.6 Å². The summed E-state index contributed by atoms with van der Waals surface area (Å²) in [5, 5.41) is 3.16. The van der Waals surface area contributed by atoms with Gasteiger partial charge in [-0.1, -0.05) is 18.2 Å². The number of carbonyl (C=O) groups excluding carboxylic acids is 2. The Bertz CT molecular complexity index is 837. The molecule has 1 spiro atoms. The van der Waals surface area contributed by atoms with Crippen LogP contribution in [-0.2, 0) is 19.1 Å². The van der Waals surface area contributed by atoms with Gasteiger partial charge in [-0.3, -0.25) is 9.59 Å². The van der Waals surface area contributed by atoms with Gasteiger partial charge < -0.3 is 24.4 Å². The van der Waals surface area contributed by atoms with Crippen LogP contribution < -0.4 is 10.1 Å². The van der Waals surface area contributed by atoms with Crippen LogP contribution in [0.4, 0.5) is 0 Å². The Morgan fingerprint density at radius 3 is 2.74 bits per heavy atom. The molecule has 5 aliphatic rings. The molecule has 31 heavy (non-hydrogen) atoms. The molecule has 4 aliphatic heterocycles. The minimum absolute atomic E-state index is 0.000900. The van der Waals surface area contributed by atoms with Gasteiger partial charge in [-0.2, -0.15) is 0 Å². The third-order valence-corrected chi connectivity index (χ3v) is 7.47. The summed E-state index contributed by atoms with van der Waals surface area (Å²) in [5.41, 5.74) is 0.672. The number of morpholine rings is 1. The van der Waals surface area contributed by atoms with Gasteiger partial charge in [0, 0.05) is 6.04 Å². The highest BCUT2D eigenvalue weighted by Gasteiger charge is 2.55. The average molecular weight is 429 g/mol. The highest BCUT2D eigenvalue weighted by Crippen LogP contribution is 2.40. The van der Waals surface area contributed by atoms with E-state index in [1.54, 1.807) is 0 Å². The molecular formula is C24H32N2O5. The first-order chi connectivity index (χ1) is 15.1.